The molecule has 3 N–H and O–H groups in total. The third kappa shape index (κ3) is 2.47. The fourth-order valence-electron chi connectivity index (χ4n) is 2.61. The zero-order valence-electron chi connectivity index (χ0n) is 11.0. The molecule has 4 nitrogen and oxygen atoms in total. The first-order valence-electron chi connectivity index (χ1n) is 6.41. The number of halogens is 1. The largest absolute Gasteiger partial charge is 0.442 e. The Kier molecular flexibility index (Phi) is 3.55. The molecule has 2 unspecified atom stereocenters. The summed E-state index contributed by atoms with van der Waals surface area (Å²) in [6.45, 7) is 0. The van der Waals surface area contributed by atoms with Crippen molar-refractivity contribution < 1.29 is 4.74 Å². The number of nitrogen functional groups attached to an aromatic ring is 1. The van der Waals surface area contributed by atoms with E-state index in [0.29, 0.717) is 11.4 Å². The van der Waals surface area contributed by atoms with Crippen LogP contribution in [0.3, 0.4) is 0 Å². The number of hydrogen-bond acceptors (Lipinski definition) is 4. The van der Waals surface area contributed by atoms with Crippen molar-refractivity contribution in [2.45, 2.75) is 5.92 Å². The second kappa shape index (κ2) is 5.37. The monoisotopic (exact) mass is 389 g/mol. The highest BCUT2D eigenvalue weighted by Crippen LogP contribution is 2.42. The van der Waals surface area contributed by atoms with Crippen molar-refractivity contribution in [3.05, 3.63) is 57.2 Å². The number of fused-ring (bicyclic) bond motifs is 1. The molecule has 2 aromatic rings. The van der Waals surface area contributed by atoms with E-state index in [1.54, 1.807) is 12.1 Å². The van der Waals surface area contributed by atoms with Gasteiger partial charge in [0.05, 0.1) is 6.07 Å². The summed E-state index contributed by atoms with van der Waals surface area (Å²) in [5.74, 6) is -0.296. The second-order valence-corrected chi connectivity index (χ2v) is 6.15. The van der Waals surface area contributed by atoms with Crippen LogP contribution in [-0.2, 0) is 0 Å². The fraction of sp³-hybridized carbons (Fsp3) is 0.125. The lowest BCUT2D eigenvalue weighted by molar-refractivity contribution is 0.450. The molecule has 0 saturated heterocycles. The van der Waals surface area contributed by atoms with Crippen molar-refractivity contribution in [1.29, 1.82) is 10.7 Å². The number of hydrogen-bond donors (Lipinski definition) is 2. The van der Waals surface area contributed by atoms with Gasteiger partial charge in [-0.2, -0.15) is 5.26 Å². The molecule has 5 heteroatoms. The number of rotatable bonds is 1. The van der Waals surface area contributed by atoms with E-state index >= 15 is 0 Å². The van der Waals surface area contributed by atoms with E-state index in [1.807, 2.05) is 30.3 Å². The number of nitriles is 1. The maximum absolute atomic E-state index is 9.45. The molecule has 0 radical (unpaired) electrons. The minimum absolute atomic E-state index is 0.0283. The van der Waals surface area contributed by atoms with Gasteiger partial charge in [0.1, 0.15) is 11.7 Å². The van der Waals surface area contributed by atoms with Crippen LogP contribution < -0.4 is 10.5 Å². The van der Waals surface area contributed by atoms with Crippen LogP contribution >= 0.6 is 22.6 Å². The van der Waals surface area contributed by atoms with Gasteiger partial charge >= 0.3 is 0 Å². The summed E-state index contributed by atoms with van der Waals surface area (Å²) in [4.78, 5) is 0. The molecule has 104 valence electrons. The normalized spacial score (nSPS) is 20.3. The van der Waals surface area contributed by atoms with Crippen molar-refractivity contribution in [1.82, 2.24) is 0 Å². The highest BCUT2D eigenvalue weighted by Gasteiger charge is 2.36. The molecule has 3 rings (SSSR count). The van der Waals surface area contributed by atoms with E-state index in [-0.39, 0.29) is 11.8 Å². The number of nitrogens with one attached hydrogen (secondary N) is 1. The van der Waals surface area contributed by atoms with Gasteiger partial charge in [0.25, 0.3) is 0 Å². The van der Waals surface area contributed by atoms with Gasteiger partial charge in [-0.3, -0.25) is 5.41 Å². The van der Waals surface area contributed by atoms with Gasteiger partial charge in [-0.25, -0.2) is 0 Å². The van der Waals surface area contributed by atoms with Crippen LogP contribution in [0.5, 0.6) is 5.75 Å². The second-order valence-electron chi connectivity index (χ2n) is 4.90. The molecule has 0 fully saturated rings. The highest BCUT2D eigenvalue weighted by molar-refractivity contribution is 14.1. The predicted molar refractivity (Wildman–Crippen MR) is 89.3 cm³/mol. The summed E-state index contributed by atoms with van der Waals surface area (Å²) >= 11 is 2.24. The molecule has 0 spiro atoms. The molecule has 0 aliphatic carbocycles. The average molecular weight is 389 g/mol. The van der Waals surface area contributed by atoms with Crippen LogP contribution in [0.25, 0.3) is 0 Å². The molecule has 0 bridgehead atoms. The Bertz CT molecular complexity index is 766. The Morgan fingerprint density at radius 2 is 2.05 bits per heavy atom. The summed E-state index contributed by atoms with van der Waals surface area (Å²) in [7, 11) is 0. The van der Waals surface area contributed by atoms with Crippen LogP contribution in [0.4, 0.5) is 5.69 Å². The van der Waals surface area contributed by atoms with Crippen molar-refractivity contribution in [2.75, 3.05) is 5.73 Å². The van der Waals surface area contributed by atoms with E-state index in [2.05, 4.69) is 28.7 Å². The van der Waals surface area contributed by atoms with Crippen LogP contribution in [0, 0.1) is 26.2 Å². The first-order valence-corrected chi connectivity index (χ1v) is 7.49. The van der Waals surface area contributed by atoms with Crippen molar-refractivity contribution in [2.24, 2.45) is 5.92 Å². The molecule has 1 aliphatic rings. The quantitative estimate of drug-likeness (QED) is 0.579. The fourth-order valence-corrected chi connectivity index (χ4v) is 3.18. The van der Waals surface area contributed by atoms with Crippen molar-refractivity contribution >= 4 is 34.2 Å². The first kappa shape index (κ1) is 13.9. The maximum atomic E-state index is 9.45. The van der Waals surface area contributed by atoms with Crippen LogP contribution in [-0.4, -0.2) is 5.90 Å². The van der Waals surface area contributed by atoms with E-state index in [4.69, 9.17) is 15.9 Å². The molecule has 2 aromatic carbocycles. The standard InChI is InChI=1S/C16H12IN3O/c17-10-3-1-2-9(6-10)15-12-5-4-11(19)7-14(12)21-16(20)13(15)8-18/h1-7,13,15,20H,19H2. The van der Waals surface area contributed by atoms with Gasteiger partial charge in [0.2, 0.25) is 5.90 Å². The minimum Gasteiger partial charge on any atom is -0.442 e. The van der Waals surface area contributed by atoms with Crippen molar-refractivity contribution in [3.8, 4) is 11.8 Å². The summed E-state index contributed by atoms with van der Waals surface area (Å²) < 4.78 is 6.57. The average Bonchev–Trinajstić information content (AvgIpc) is 2.45. The topological polar surface area (TPSA) is 82.9 Å². The van der Waals surface area contributed by atoms with Gasteiger partial charge < -0.3 is 10.5 Å². The first-order chi connectivity index (χ1) is 10.1. The summed E-state index contributed by atoms with van der Waals surface area (Å²) in [6.07, 6.45) is 0. The molecule has 0 aromatic heterocycles. The summed E-state index contributed by atoms with van der Waals surface area (Å²) in [5.41, 5.74) is 8.27. The molecule has 1 heterocycles. The van der Waals surface area contributed by atoms with E-state index in [1.165, 1.54) is 0 Å². The van der Waals surface area contributed by atoms with E-state index in [0.717, 1.165) is 14.7 Å². The third-order valence-corrected chi connectivity index (χ3v) is 4.23. The van der Waals surface area contributed by atoms with Crippen molar-refractivity contribution in [3.63, 3.8) is 0 Å². The number of ether oxygens (including phenoxy) is 1. The van der Waals surface area contributed by atoms with Gasteiger partial charge in [0.15, 0.2) is 0 Å². The lowest BCUT2D eigenvalue weighted by Gasteiger charge is -2.30. The SMILES string of the molecule is N#CC1C(=N)Oc2cc(N)ccc2C1c1cccc(I)c1. The van der Waals surface area contributed by atoms with Crippen LogP contribution in [0.1, 0.15) is 17.0 Å². The summed E-state index contributed by atoms with van der Waals surface area (Å²) in [6, 6.07) is 15.6. The highest BCUT2D eigenvalue weighted by atomic mass is 127. The number of anilines is 1. The van der Waals surface area contributed by atoms with Gasteiger partial charge in [-0.05, 0) is 46.4 Å². The number of benzene rings is 2. The molecule has 1 aliphatic heterocycles. The molecular weight excluding hydrogens is 377 g/mol. The predicted octanol–water partition coefficient (Wildman–Crippen LogP) is 3.51. The van der Waals surface area contributed by atoms with E-state index < -0.39 is 5.92 Å². The summed E-state index contributed by atoms with van der Waals surface area (Å²) in [5, 5.41) is 17.4. The van der Waals surface area contributed by atoms with Gasteiger partial charge in [-0.15, -0.1) is 0 Å². The molecule has 21 heavy (non-hydrogen) atoms. The van der Waals surface area contributed by atoms with Crippen LogP contribution in [0.2, 0.25) is 0 Å². The molecular formula is C16H12IN3O. The molecule has 0 amide bonds. The Morgan fingerprint density at radius 1 is 1.24 bits per heavy atom. The third-order valence-electron chi connectivity index (χ3n) is 3.56. The maximum Gasteiger partial charge on any atom is 0.205 e. The Labute approximate surface area is 136 Å². The Balaban J connectivity index is 2.20. The van der Waals surface area contributed by atoms with Gasteiger partial charge in [0, 0.05) is 26.8 Å². The zero-order chi connectivity index (χ0) is 15.0. The lowest BCUT2D eigenvalue weighted by Crippen LogP contribution is -2.31. The molecule has 2 atom stereocenters. The lowest BCUT2D eigenvalue weighted by atomic mass is 9.79. The smallest absolute Gasteiger partial charge is 0.205 e. The van der Waals surface area contributed by atoms with E-state index in [9.17, 15) is 5.26 Å². The van der Waals surface area contributed by atoms with Gasteiger partial charge in [-0.1, -0.05) is 18.2 Å². The number of nitrogens with two attached hydrogens (primary N) is 1. The minimum atomic E-state index is -0.626. The van der Waals surface area contributed by atoms with Crippen LogP contribution in [0.15, 0.2) is 42.5 Å². The Hall–Kier alpha value is -2.07. The number of nitrogens with zero attached hydrogens (tertiary/aromatic N) is 1. The zero-order valence-corrected chi connectivity index (χ0v) is 13.2. The Morgan fingerprint density at radius 3 is 2.76 bits per heavy atom. The molecule has 0 saturated carbocycles.